The Labute approximate surface area is 117 Å². The van der Waals surface area contributed by atoms with Crippen LogP contribution in [0.15, 0.2) is 12.3 Å². The Bertz CT molecular complexity index is 473. The van der Waals surface area contributed by atoms with Gasteiger partial charge in [0, 0.05) is 11.3 Å². The first-order chi connectivity index (χ1) is 9.04. The van der Waals surface area contributed by atoms with E-state index in [1.54, 1.807) is 12.3 Å². The van der Waals surface area contributed by atoms with Crippen molar-refractivity contribution in [3.63, 3.8) is 0 Å². The molecule has 1 fully saturated rings. The van der Waals surface area contributed by atoms with Gasteiger partial charge in [-0.05, 0) is 31.6 Å². The van der Waals surface area contributed by atoms with Gasteiger partial charge in [-0.2, -0.15) is 11.8 Å². The molecule has 1 aromatic heterocycles. The van der Waals surface area contributed by atoms with E-state index in [9.17, 15) is 4.79 Å². The number of nitrogens with one attached hydrogen (secondary N) is 1. The molecule has 1 aromatic rings. The number of anilines is 2. The van der Waals surface area contributed by atoms with E-state index in [1.165, 1.54) is 25.7 Å². The highest BCUT2D eigenvalue weighted by atomic mass is 32.2. The first-order valence-corrected chi connectivity index (χ1v) is 7.24. The second-order valence-electron chi connectivity index (χ2n) is 4.91. The van der Waals surface area contributed by atoms with Gasteiger partial charge in [0.25, 0.3) is 0 Å². The Hall–Kier alpha value is -1.43. The van der Waals surface area contributed by atoms with E-state index < -0.39 is 5.97 Å². The largest absolute Gasteiger partial charge is 0.465 e. The lowest BCUT2D eigenvalue weighted by molar-refractivity contribution is 0.0601. The normalized spacial score (nSPS) is 22.2. The highest BCUT2D eigenvalue weighted by molar-refractivity contribution is 8.00. The van der Waals surface area contributed by atoms with Crippen molar-refractivity contribution in [2.24, 2.45) is 0 Å². The molecule has 3 N–H and O–H groups in total. The molecule has 6 heteroatoms. The number of nitrogens with zero attached hydrogens (tertiary/aromatic N) is 1. The maximum absolute atomic E-state index is 11.7. The minimum atomic E-state index is -0.425. The van der Waals surface area contributed by atoms with Crippen LogP contribution >= 0.6 is 11.8 Å². The average molecular weight is 281 g/mol. The molecule has 0 bridgehead atoms. The summed E-state index contributed by atoms with van der Waals surface area (Å²) in [4.78, 5) is 15.9. The van der Waals surface area contributed by atoms with Crippen molar-refractivity contribution >= 4 is 29.2 Å². The summed E-state index contributed by atoms with van der Waals surface area (Å²) in [6.07, 6.45) is 3.95. The summed E-state index contributed by atoms with van der Waals surface area (Å²) in [7, 11) is 1.35. The maximum atomic E-state index is 11.7. The van der Waals surface area contributed by atoms with Crippen molar-refractivity contribution < 1.29 is 9.53 Å². The van der Waals surface area contributed by atoms with Gasteiger partial charge in [0.2, 0.25) is 0 Å². The van der Waals surface area contributed by atoms with Gasteiger partial charge in [0.1, 0.15) is 11.4 Å². The fraction of sp³-hybridized carbons (Fsp3) is 0.538. The van der Waals surface area contributed by atoms with Crippen molar-refractivity contribution in [3.05, 3.63) is 17.8 Å². The van der Waals surface area contributed by atoms with Gasteiger partial charge in [-0.25, -0.2) is 9.78 Å². The Kier molecular flexibility index (Phi) is 4.19. The molecule has 0 amide bonds. The maximum Gasteiger partial charge on any atom is 0.341 e. The number of methoxy groups -OCH3 is 1. The third-order valence-corrected chi connectivity index (χ3v) is 4.78. The minimum Gasteiger partial charge on any atom is -0.465 e. The van der Waals surface area contributed by atoms with Gasteiger partial charge < -0.3 is 15.8 Å². The smallest absolute Gasteiger partial charge is 0.341 e. The molecule has 1 aliphatic rings. The van der Waals surface area contributed by atoms with Crippen LogP contribution in [0.1, 0.15) is 30.1 Å². The van der Waals surface area contributed by atoms with E-state index >= 15 is 0 Å². The van der Waals surface area contributed by atoms with Gasteiger partial charge >= 0.3 is 5.97 Å². The van der Waals surface area contributed by atoms with E-state index in [0.717, 1.165) is 6.54 Å². The topological polar surface area (TPSA) is 77.2 Å². The number of hydrogen-bond acceptors (Lipinski definition) is 6. The van der Waals surface area contributed by atoms with Crippen LogP contribution in [0.4, 0.5) is 11.5 Å². The zero-order chi connectivity index (χ0) is 13.9. The molecular weight excluding hydrogens is 262 g/mol. The summed E-state index contributed by atoms with van der Waals surface area (Å²) in [5, 5.41) is 3.25. The molecule has 0 radical (unpaired) electrons. The van der Waals surface area contributed by atoms with Crippen LogP contribution in [0.5, 0.6) is 0 Å². The zero-order valence-electron chi connectivity index (χ0n) is 11.2. The van der Waals surface area contributed by atoms with Crippen LogP contribution < -0.4 is 11.1 Å². The standard InChI is InChI=1S/C13H19N3O2S/c1-13(4-3-5-19-13)8-16-11-10(12(17)18-2)6-9(14)7-15-11/h6-7H,3-5,8,14H2,1-2H3,(H,15,16). The van der Waals surface area contributed by atoms with Crippen LogP contribution in [-0.4, -0.2) is 35.1 Å². The van der Waals surface area contributed by atoms with E-state index in [4.69, 9.17) is 10.5 Å². The zero-order valence-corrected chi connectivity index (χ0v) is 12.0. The number of nitrogens with two attached hydrogens (primary N) is 1. The van der Waals surface area contributed by atoms with Crippen molar-refractivity contribution in [3.8, 4) is 0 Å². The SMILES string of the molecule is COC(=O)c1cc(N)cnc1NCC1(C)CCCS1. The van der Waals surface area contributed by atoms with E-state index in [2.05, 4.69) is 17.2 Å². The Balaban J connectivity index is 2.13. The second kappa shape index (κ2) is 5.69. The number of carbonyl (C=O) groups excluding carboxylic acids is 1. The average Bonchev–Trinajstić information content (AvgIpc) is 2.83. The predicted octanol–water partition coefficient (Wildman–Crippen LogP) is 2.15. The molecular formula is C13H19N3O2S. The number of thioether (sulfide) groups is 1. The lowest BCUT2D eigenvalue weighted by atomic mass is 10.1. The van der Waals surface area contributed by atoms with Gasteiger partial charge in [0.15, 0.2) is 0 Å². The summed E-state index contributed by atoms with van der Waals surface area (Å²) in [5.74, 6) is 1.30. The molecule has 0 aliphatic carbocycles. The summed E-state index contributed by atoms with van der Waals surface area (Å²) in [6.45, 7) is 3.01. The minimum absolute atomic E-state index is 0.205. The second-order valence-corrected chi connectivity index (χ2v) is 6.59. The number of hydrogen-bond donors (Lipinski definition) is 2. The molecule has 2 heterocycles. The van der Waals surface area contributed by atoms with Crippen LogP contribution in [0.25, 0.3) is 0 Å². The monoisotopic (exact) mass is 281 g/mol. The first kappa shape index (κ1) is 14.0. The Morgan fingerprint density at radius 3 is 3.11 bits per heavy atom. The van der Waals surface area contributed by atoms with E-state index in [0.29, 0.717) is 17.1 Å². The molecule has 0 aromatic carbocycles. The first-order valence-electron chi connectivity index (χ1n) is 6.26. The highest BCUT2D eigenvalue weighted by Crippen LogP contribution is 2.37. The van der Waals surface area contributed by atoms with Crippen molar-refractivity contribution in [2.75, 3.05) is 30.5 Å². The van der Waals surface area contributed by atoms with Crippen molar-refractivity contribution in [1.82, 2.24) is 4.98 Å². The quantitative estimate of drug-likeness (QED) is 0.823. The molecule has 1 aliphatic heterocycles. The lowest BCUT2D eigenvalue weighted by Gasteiger charge is -2.23. The van der Waals surface area contributed by atoms with Crippen molar-refractivity contribution in [2.45, 2.75) is 24.5 Å². The summed E-state index contributed by atoms with van der Waals surface area (Å²) in [6, 6.07) is 1.59. The molecule has 5 nitrogen and oxygen atoms in total. The van der Waals surface area contributed by atoms with Crippen molar-refractivity contribution in [1.29, 1.82) is 0 Å². The molecule has 0 saturated carbocycles. The van der Waals surface area contributed by atoms with Gasteiger partial charge in [0.05, 0.1) is 19.0 Å². The highest BCUT2D eigenvalue weighted by Gasteiger charge is 2.29. The predicted molar refractivity (Wildman–Crippen MR) is 78.6 cm³/mol. The molecule has 19 heavy (non-hydrogen) atoms. The van der Waals surface area contributed by atoms with Crippen LogP contribution in [0.2, 0.25) is 0 Å². The number of esters is 1. The van der Waals surface area contributed by atoms with E-state index in [1.807, 2.05) is 11.8 Å². The number of carbonyl (C=O) groups is 1. The van der Waals surface area contributed by atoms with Crippen LogP contribution in [0, 0.1) is 0 Å². The fourth-order valence-electron chi connectivity index (χ4n) is 2.13. The number of pyridine rings is 1. The summed E-state index contributed by atoms with van der Waals surface area (Å²) < 4.78 is 4.95. The third kappa shape index (κ3) is 3.32. The molecule has 1 atom stereocenters. The number of aromatic nitrogens is 1. The number of rotatable bonds is 4. The van der Waals surface area contributed by atoms with E-state index in [-0.39, 0.29) is 4.75 Å². The molecule has 0 spiro atoms. The fourth-order valence-corrected chi connectivity index (χ4v) is 3.38. The molecule has 2 rings (SSSR count). The third-order valence-electron chi connectivity index (χ3n) is 3.24. The summed E-state index contributed by atoms with van der Waals surface area (Å²) in [5.41, 5.74) is 6.50. The lowest BCUT2D eigenvalue weighted by Crippen LogP contribution is -2.28. The van der Waals surface area contributed by atoms with Gasteiger partial charge in [-0.3, -0.25) is 0 Å². The number of nitrogen functional groups attached to an aromatic ring is 1. The Morgan fingerprint density at radius 1 is 1.68 bits per heavy atom. The molecule has 1 saturated heterocycles. The Morgan fingerprint density at radius 2 is 2.47 bits per heavy atom. The van der Waals surface area contributed by atoms with Gasteiger partial charge in [-0.15, -0.1) is 0 Å². The van der Waals surface area contributed by atoms with Gasteiger partial charge in [-0.1, -0.05) is 0 Å². The van der Waals surface area contributed by atoms with Crippen LogP contribution in [0.3, 0.4) is 0 Å². The number of ether oxygens (including phenoxy) is 1. The molecule has 1 unspecified atom stereocenters. The summed E-state index contributed by atoms with van der Waals surface area (Å²) >= 11 is 1.96. The van der Waals surface area contributed by atoms with Crippen LogP contribution in [-0.2, 0) is 4.74 Å². The molecule has 104 valence electrons.